The summed E-state index contributed by atoms with van der Waals surface area (Å²) in [5.41, 5.74) is 5.03. The Morgan fingerprint density at radius 2 is 1.75 bits per heavy atom. The van der Waals surface area contributed by atoms with Crippen LogP contribution < -0.4 is 10.1 Å². The molecule has 0 aliphatic carbocycles. The lowest BCUT2D eigenvalue weighted by molar-refractivity contribution is 0.411. The van der Waals surface area contributed by atoms with E-state index in [1.165, 1.54) is 22.3 Å². The summed E-state index contributed by atoms with van der Waals surface area (Å²) in [7, 11) is 1.72. The molecule has 0 spiro atoms. The van der Waals surface area contributed by atoms with Gasteiger partial charge in [-0.15, -0.1) is 0 Å². The maximum Gasteiger partial charge on any atom is 0.122 e. The molecule has 0 heterocycles. The van der Waals surface area contributed by atoms with Gasteiger partial charge in [0.2, 0.25) is 0 Å². The van der Waals surface area contributed by atoms with E-state index in [2.05, 4.69) is 68.6 Å². The van der Waals surface area contributed by atoms with Crippen LogP contribution >= 0.6 is 0 Å². The highest BCUT2D eigenvalue weighted by molar-refractivity contribution is 5.45. The lowest BCUT2D eigenvalue weighted by Crippen LogP contribution is -2.22. The van der Waals surface area contributed by atoms with Crippen LogP contribution in [0.4, 0.5) is 0 Å². The number of benzene rings is 2. The van der Waals surface area contributed by atoms with Crippen molar-refractivity contribution in [2.45, 2.75) is 26.8 Å². The largest absolute Gasteiger partial charge is 0.496 e. The second kappa shape index (κ2) is 6.58. The van der Waals surface area contributed by atoms with Crippen molar-refractivity contribution in [3.63, 3.8) is 0 Å². The monoisotopic (exact) mass is 269 g/mol. The minimum atomic E-state index is 0.228. The van der Waals surface area contributed by atoms with Crippen LogP contribution in [0.1, 0.15) is 35.2 Å². The van der Waals surface area contributed by atoms with Gasteiger partial charge in [-0.05, 0) is 48.7 Å². The molecule has 0 amide bonds. The van der Waals surface area contributed by atoms with Gasteiger partial charge in [0.15, 0.2) is 0 Å². The van der Waals surface area contributed by atoms with Crippen molar-refractivity contribution in [1.82, 2.24) is 5.32 Å². The second-order valence-corrected chi connectivity index (χ2v) is 5.08. The van der Waals surface area contributed by atoms with E-state index in [0.717, 1.165) is 12.3 Å². The highest BCUT2D eigenvalue weighted by atomic mass is 16.5. The van der Waals surface area contributed by atoms with Gasteiger partial charge in [-0.25, -0.2) is 0 Å². The summed E-state index contributed by atoms with van der Waals surface area (Å²) in [6.45, 7) is 7.31. The summed E-state index contributed by atoms with van der Waals surface area (Å²) in [6, 6.07) is 15.2. The molecule has 0 radical (unpaired) electrons. The fourth-order valence-electron chi connectivity index (χ4n) is 2.60. The Hall–Kier alpha value is -1.80. The zero-order chi connectivity index (χ0) is 14.5. The van der Waals surface area contributed by atoms with Crippen LogP contribution in [0.25, 0.3) is 0 Å². The molecule has 0 aromatic heterocycles. The average Bonchev–Trinajstić information content (AvgIpc) is 2.48. The standard InChI is InChI=1S/C18H23NO/c1-5-19-18(15-9-7-6-8-10-15)16-11-14(3)17(20-4)12-13(16)2/h6-12,18-19H,5H2,1-4H3. The van der Waals surface area contributed by atoms with Gasteiger partial charge < -0.3 is 10.1 Å². The molecule has 1 N–H and O–H groups in total. The summed E-state index contributed by atoms with van der Waals surface area (Å²) in [5, 5.41) is 3.58. The molecule has 0 saturated heterocycles. The van der Waals surface area contributed by atoms with Crippen molar-refractivity contribution in [2.24, 2.45) is 0 Å². The predicted octanol–water partition coefficient (Wildman–Crippen LogP) is 4.01. The van der Waals surface area contributed by atoms with E-state index >= 15 is 0 Å². The van der Waals surface area contributed by atoms with Gasteiger partial charge in [0.05, 0.1) is 13.2 Å². The first-order valence-corrected chi connectivity index (χ1v) is 7.10. The van der Waals surface area contributed by atoms with Crippen LogP contribution in [0.2, 0.25) is 0 Å². The molecule has 0 bridgehead atoms. The van der Waals surface area contributed by atoms with E-state index in [1.807, 2.05) is 0 Å². The quantitative estimate of drug-likeness (QED) is 0.885. The second-order valence-electron chi connectivity index (χ2n) is 5.08. The van der Waals surface area contributed by atoms with E-state index in [9.17, 15) is 0 Å². The first-order valence-electron chi connectivity index (χ1n) is 7.10. The Kier molecular flexibility index (Phi) is 4.80. The zero-order valence-corrected chi connectivity index (χ0v) is 12.7. The number of nitrogens with one attached hydrogen (secondary N) is 1. The fourth-order valence-corrected chi connectivity index (χ4v) is 2.60. The minimum absolute atomic E-state index is 0.228. The SMILES string of the molecule is CCNC(c1ccccc1)c1cc(C)c(OC)cc1C. The Labute approximate surface area is 121 Å². The molecule has 0 saturated carbocycles. The smallest absolute Gasteiger partial charge is 0.122 e. The van der Waals surface area contributed by atoms with Crippen molar-refractivity contribution in [3.05, 3.63) is 64.7 Å². The lowest BCUT2D eigenvalue weighted by Gasteiger charge is -2.22. The highest BCUT2D eigenvalue weighted by Crippen LogP contribution is 2.30. The topological polar surface area (TPSA) is 21.3 Å². The lowest BCUT2D eigenvalue weighted by atomic mass is 9.93. The van der Waals surface area contributed by atoms with Crippen molar-refractivity contribution in [3.8, 4) is 5.75 Å². The van der Waals surface area contributed by atoms with E-state index < -0.39 is 0 Å². The third kappa shape index (κ3) is 3.02. The summed E-state index contributed by atoms with van der Waals surface area (Å²) in [5.74, 6) is 0.953. The third-order valence-electron chi connectivity index (χ3n) is 3.64. The molecular formula is C18H23NO. The molecule has 2 heteroatoms. The summed E-state index contributed by atoms with van der Waals surface area (Å²) < 4.78 is 5.41. The van der Waals surface area contributed by atoms with E-state index in [0.29, 0.717) is 0 Å². The van der Waals surface area contributed by atoms with Gasteiger partial charge in [0, 0.05) is 0 Å². The molecule has 2 nitrogen and oxygen atoms in total. The number of aryl methyl sites for hydroxylation is 2. The molecule has 0 fully saturated rings. The van der Waals surface area contributed by atoms with Crippen LogP contribution in [-0.2, 0) is 0 Å². The summed E-state index contributed by atoms with van der Waals surface area (Å²) >= 11 is 0. The molecule has 2 aromatic carbocycles. The van der Waals surface area contributed by atoms with Crippen molar-refractivity contribution in [2.75, 3.05) is 13.7 Å². The summed E-state index contributed by atoms with van der Waals surface area (Å²) in [4.78, 5) is 0. The van der Waals surface area contributed by atoms with Gasteiger partial charge in [-0.3, -0.25) is 0 Å². The van der Waals surface area contributed by atoms with Crippen molar-refractivity contribution in [1.29, 1.82) is 0 Å². The van der Waals surface area contributed by atoms with Gasteiger partial charge in [0.25, 0.3) is 0 Å². The molecule has 1 atom stereocenters. The maximum atomic E-state index is 5.41. The Morgan fingerprint density at radius 1 is 1.05 bits per heavy atom. The third-order valence-corrected chi connectivity index (χ3v) is 3.64. The van der Waals surface area contributed by atoms with Crippen LogP contribution in [0.3, 0.4) is 0 Å². The van der Waals surface area contributed by atoms with Crippen molar-refractivity contribution >= 4 is 0 Å². The number of hydrogen-bond acceptors (Lipinski definition) is 2. The van der Waals surface area contributed by atoms with Gasteiger partial charge in [-0.2, -0.15) is 0 Å². The minimum Gasteiger partial charge on any atom is -0.496 e. The van der Waals surface area contributed by atoms with Crippen LogP contribution in [0.15, 0.2) is 42.5 Å². The fraction of sp³-hybridized carbons (Fsp3) is 0.333. The number of hydrogen-bond donors (Lipinski definition) is 1. The van der Waals surface area contributed by atoms with Crippen LogP contribution in [-0.4, -0.2) is 13.7 Å². The molecule has 0 aliphatic heterocycles. The Morgan fingerprint density at radius 3 is 2.35 bits per heavy atom. The zero-order valence-electron chi connectivity index (χ0n) is 12.7. The molecule has 0 aliphatic rings. The predicted molar refractivity (Wildman–Crippen MR) is 84.4 cm³/mol. The number of ether oxygens (including phenoxy) is 1. The molecule has 2 rings (SSSR count). The van der Waals surface area contributed by atoms with Crippen LogP contribution in [0.5, 0.6) is 5.75 Å². The molecular weight excluding hydrogens is 246 g/mol. The normalized spacial score (nSPS) is 12.2. The van der Waals surface area contributed by atoms with E-state index in [1.54, 1.807) is 7.11 Å². The first kappa shape index (κ1) is 14.6. The van der Waals surface area contributed by atoms with Gasteiger partial charge in [-0.1, -0.05) is 43.3 Å². The van der Waals surface area contributed by atoms with Gasteiger partial charge >= 0.3 is 0 Å². The van der Waals surface area contributed by atoms with Crippen LogP contribution in [0, 0.1) is 13.8 Å². The Balaban J connectivity index is 2.47. The molecule has 1 unspecified atom stereocenters. The summed E-state index contributed by atoms with van der Waals surface area (Å²) in [6.07, 6.45) is 0. The van der Waals surface area contributed by atoms with Crippen molar-refractivity contribution < 1.29 is 4.74 Å². The first-order chi connectivity index (χ1) is 9.67. The van der Waals surface area contributed by atoms with E-state index in [4.69, 9.17) is 4.74 Å². The average molecular weight is 269 g/mol. The highest BCUT2D eigenvalue weighted by Gasteiger charge is 2.16. The van der Waals surface area contributed by atoms with Gasteiger partial charge in [0.1, 0.15) is 5.75 Å². The Bertz CT molecular complexity index is 563. The molecule has 20 heavy (non-hydrogen) atoms. The number of methoxy groups -OCH3 is 1. The van der Waals surface area contributed by atoms with E-state index in [-0.39, 0.29) is 6.04 Å². The maximum absolute atomic E-state index is 5.41. The molecule has 2 aromatic rings. The number of rotatable bonds is 5. The molecule has 106 valence electrons.